The van der Waals surface area contributed by atoms with Crippen molar-refractivity contribution in [2.45, 2.75) is 18.9 Å². The third kappa shape index (κ3) is 3.26. The predicted octanol–water partition coefficient (Wildman–Crippen LogP) is 2.87. The van der Waals surface area contributed by atoms with Crippen molar-refractivity contribution in [3.8, 4) is 11.5 Å². The molecule has 140 valence electrons. The largest absolute Gasteiger partial charge is 0.454 e. The molecule has 1 fully saturated rings. The Balaban J connectivity index is 1.50. The van der Waals surface area contributed by atoms with E-state index in [9.17, 15) is 14.4 Å². The zero-order valence-corrected chi connectivity index (χ0v) is 15.9. The Morgan fingerprint density at radius 1 is 1.26 bits per heavy atom. The van der Waals surface area contributed by atoms with Gasteiger partial charge in [-0.1, -0.05) is 17.7 Å². The van der Waals surface area contributed by atoms with Gasteiger partial charge in [0.05, 0.1) is 15.8 Å². The molecule has 1 saturated heterocycles. The van der Waals surface area contributed by atoms with Crippen molar-refractivity contribution in [2.75, 3.05) is 13.3 Å². The summed E-state index contributed by atoms with van der Waals surface area (Å²) in [6, 6.07) is 7.98. The SMILES string of the molecule is C[C@]1(Cc2ccc3c(c2)OCO3)NC(=O)N(CC(=O)c2ccc(Cl)s2)C1=O. The molecular weight excluding hydrogens is 392 g/mol. The van der Waals surface area contributed by atoms with E-state index in [1.807, 2.05) is 6.07 Å². The second-order valence-corrected chi connectivity index (χ2v) is 8.26. The van der Waals surface area contributed by atoms with Crippen LogP contribution in [0.1, 0.15) is 22.2 Å². The van der Waals surface area contributed by atoms with Crippen molar-refractivity contribution in [3.63, 3.8) is 0 Å². The number of hydrogen-bond donors (Lipinski definition) is 1. The number of halogens is 1. The number of fused-ring (bicyclic) bond motifs is 1. The van der Waals surface area contributed by atoms with Gasteiger partial charge in [0.15, 0.2) is 17.3 Å². The van der Waals surface area contributed by atoms with Gasteiger partial charge in [0.2, 0.25) is 6.79 Å². The average molecular weight is 407 g/mol. The maximum Gasteiger partial charge on any atom is 0.325 e. The van der Waals surface area contributed by atoms with E-state index in [-0.39, 0.29) is 25.5 Å². The topological polar surface area (TPSA) is 84.9 Å². The van der Waals surface area contributed by atoms with Crippen LogP contribution < -0.4 is 14.8 Å². The number of rotatable bonds is 5. The molecule has 2 aliphatic rings. The fourth-order valence-electron chi connectivity index (χ4n) is 3.16. The van der Waals surface area contributed by atoms with Crippen LogP contribution in [0.15, 0.2) is 30.3 Å². The number of thiophene rings is 1. The summed E-state index contributed by atoms with van der Waals surface area (Å²) in [5.74, 6) is 0.478. The molecule has 2 aliphatic heterocycles. The number of benzene rings is 1. The molecule has 3 amide bonds. The van der Waals surface area contributed by atoms with Gasteiger partial charge in [0.1, 0.15) is 5.54 Å². The van der Waals surface area contributed by atoms with Gasteiger partial charge in [-0.3, -0.25) is 14.5 Å². The maximum absolute atomic E-state index is 12.9. The van der Waals surface area contributed by atoms with Gasteiger partial charge >= 0.3 is 6.03 Å². The highest BCUT2D eigenvalue weighted by Gasteiger charge is 2.48. The Hall–Kier alpha value is -2.58. The molecule has 0 aliphatic carbocycles. The standard InChI is InChI=1S/C18H15ClN2O5S/c1-18(7-10-2-3-12-13(6-10)26-9-25-12)16(23)21(17(24)20-18)8-11(22)14-4-5-15(19)27-14/h2-6H,7-9H2,1H3,(H,20,24)/t18-/m1/s1. The highest BCUT2D eigenvalue weighted by Crippen LogP contribution is 2.34. The number of ether oxygens (including phenoxy) is 2. The molecule has 1 aromatic heterocycles. The molecule has 0 unspecified atom stereocenters. The molecule has 3 heterocycles. The summed E-state index contributed by atoms with van der Waals surface area (Å²) in [5, 5.41) is 2.70. The summed E-state index contributed by atoms with van der Waals surface area (Å²) in [6.07, 6.45) is 0.268. The van der Waals surface area contributed by atoms with Gasteiger partial charge in [-0.25, -0.2) is 4.79 Å². The van der Waals surface area contributed by atoms with E-state index in [1.54, 1.807) is 31.2 Å². The first kappa shape index (κ1) is 17.8. The predicted molar refractivity (Wildman–Crippen MR) is 98.6 cm³/mol. The van der Waals surface area contributed by atoms with Gasteiger partial charge in [-0.15, -0.1) is 11.3 Å². The van der Waals surface area contributed by atoms with Gasteiger partial charge in [-0.05, 0) is 36.8 Å². The lowest BCUT2D eigenvalue weighted by atomic mass is 9.92. The fraction of sp³-hybridized carbons (Fsp3) is 0.278. The summed E-state index contributed by atoms with van der Waals surface area (Å²) in [7, 11) is 0. The number of imide groups is 1. The zero-order chi connectivity index (χ0) is 19.2. The van der Waals surface area contributed by atoms with E-state index in [0.29, 0.717) is 20.7 Å². The number of hydrogen-bond acceptors (Lipinski definition) is 6. The molecule has 7 nitrogen and oxygen atoms in total. The van der Waals surface area contributed by atoms with Crippen LogP contribution in [-0.2, 0) is 11.2 Å². The van der Waals surface area contributed by atoms with Crippen molar-refractivity contribution >= 4 is 40.7 Å². The lowest BCUT2D eigenvalue weighted by Gasteiger charge is -2.21. The van der Waals surface area contributed by atoms with Crippen LogP contribution >= 0.6 is 22.9 Å². The van der Waals surface area contributed by atoms with E-state index in [0.717, 1.165) is 21.8 Å². The number of carbonyl (C=O) groups excluding carboxylic acids is 3. The van der Waals surface area contributed by atoms with E-state index >= 15 is 0 Å². The van der Waals surface area contributed by atoms with Gasteiger partial charge in [-0.2, -0.15) is 0 Å². The van der Waals surface area contributed by atoms with Gasteiger partial charge in [0.25, 0.3) is 5.91 Å². The lowest BCUT2D eigenvalue weighted by molar-refractivity contribution is -0.130. The lowest BCUT2D eigenvalue weighted by Crippen LogP contribution is -2.46. The Morgan fingerprint density at radius 3 is 2.78 bits per heavy atom. The van der Waals surface area contributed by atoms with Crippen molar-refractivity contribution in [1.82, 2.24) is 10.2 Å². The first-order valence-electron chi connectivity index (χ1n) is 8.17. The minimum atomic E-state index is -1.14. The minimum absolute atomic E-state index is 0.161. The summed E-state index contributed by atoms with van der Waals surface area (Å²) >= 11 is 6.96. The van der Waals surface area contributed by atoms with Crippen LogP contribution in [0.4, 0.5) is 4.79 Å². The quantitative estimate of drug-likeness (QED) is 0.609. The van der Waals surface area contributed by atoms with Crippen molar-refractivity contribution < 1.29 is 23.9 Å². The second kappa shape index (κ2) is 6.54. The highest BCUT2D eigenvalue weighted by atomic mass is 35.5. The number of carbonyl (C=O) groups is 3. The van der Waals surface area contributed by atoms with Crippen LogP contribution in [0.5, 0.6) is 11.5 Å². The third-order valence-electron chi connectivity index (χ3n) is 4.49. The normalized spacial score (nSPS) is 20.9. The van der Waals surface area contributed by atoms with Crippen LogP contribution in [0.3, 0.4) is 0 Å². The highest BCUT2D eigenvalue weighted by molar-refractivity contribution is 7.18. The number of ketones is 1. The first-order chi connectivity index (χ1) is 12.9. The molecule has 2 aromatic rings. The molecule has 9 heteroatoms. The molecule has 0 bridgehead atoms. The summed E-state index contributed by atoms with van der Waals surface area (Å²) in [5.41, 5.74) is -0.327. The Morgan fingerprint density at radius 2 is 2.04 bits per heavy atom. The van der Waals surface area contributed by atoms with Crippen molar-refractivity contribution in [1.29, 1.82) is 0 Å². The molecule has 1 N–H and O–H groups in total. The number of Topliss-reactive ketones (excluding diaryl/α,β-unsaturated/α-hetero) is 1. The van der Waals surface area contributed by atoms with Crippen molar-refractivity contribution in [2.24, 2.45) is 0 Å². The summed E-state index contributed by atoms with van der Waals surface area (Å²) < 4.78 is 11.1. The summed E-state index contributed by atoms with van der Waals surface area (Å²) in [6.45, 7) is 1.48. The molecule has 27 heavy (non-hydrogen) atoms. The van der Waals surface area contributed by atoms with E-state index in [2.05, 4.69) is 5.32 Å². The molecule has 0 spiro atoms. The van der Waals surface area contributed by atoms with E-state index in [4.69, 9.17) is 21.1 Å². The van der Waals surface area contributed by atoms with Crippen LogP contribution in [0, 0.1) is 0 Å². The number of urea groups is 1. The molecule has 4 rings (SSSR count). The second-order valence-electron chi connectivity index (χ2n) is 6.54. The number of nitrogens with one attached hydrogen (secondary N) is 1. The monoisotopic (exact) mass is 406 g/mol. The smallest absolute Gasteiger partial charge is 0.325 e. The minimum Gasteiger partial charge on any atom is -0.454 e. The Labute approximate surface area is 163 Å². The Bertz CT molecular complexity index is 959. The maximum atomic E-state index is 12.9. The van der Waals surface area contributed by atoms with Gasteiger partial charge in [0, 0.05) is 6.42 Å². The number of nitrogens with zero attached hydrogens (tertiary/aromatic N) is 1. The van der Waals surface area contributed by atoms with E-state index in [1.165, 1.54) is 0 Å². The molecule has 0 saturated carbocycles. The zero-order valence-electron chi connectivity index (χ0n) is 14.3. The summed E-state index contributed by atoms with van der Waals surface area (Å²) in [4.78, 5) is 38.9. The Kier molecular flexibility index (Phi) is 4.32. The fourth-order valence-corrected chi connectivity index (χ4v) is 4.13. The van der Waals surface area contributed by atoms with Crippen molar-refractivity contribution in [3.05, 3.63) is 45.1 Å². The van der Waals surface area contributed by atoms with E-state index < -0.39 is 17.5 Å². The molecule has 1 aromatic carbocycles. The molecule has 0 radical (unpaired) electrons. The van der Waals surface area contributed by atoms with Crippen LogP contribution in [0.25, 0.3) is 0 Å². The average Bonchev–Trinajstić information content (AvgIpc) is 3.30. The molecule has 1 atom stereocenters. The van der Waals surface area contributed by atoms with Crippen LogP contribution in [0.2, 0.25) is 4.34 Å². The van der Waals surface area contributed by atoms with Crippen LogP contribution in [-0.4, -0.2) is 41.5 Å². The third-order valence-corrected chi connectivity index (χ3v) is 5.76. The van der Waals surface area contributed by atoms with Gasteiger partial charge < -0.3 is 14.8 Å². The number of amides is 3. The molecular formula is C18H15ClN2O5S. The first-order valence-corrected chi connectivity index (χ1v) is 9.36.